The minimum absolute atomic E-state index is 0.397. The molecule has 1 unspecified atom stereocenters. The van der Waals surface area contributed by atoms with E-state index in [1.54, 1.807) is 0 Å². The average Bonchev–Trinajstić information content (AvgIpc) is 2.12. The number of nitrogens with one attached hydrogen (secondary N) is 1. The highest BCUT2D eigenvalue weighted by molar-refractivity contribution is 4.93. The minimum atomic E-state index is 0.397. The van der Waals surface area contributed by atoms with Crippen LogP contribution in [0.2, 0.25) is 0 Å². The van der Waals surface area contributed by atoms with Gasteiger partial charge in [-0.25, -0.2) is 0 Å². The quantitative estimate of drug-likeness (QED) is 0.713. The van der Waals surface area contributed by atoms with Crippen LogP contribution in [0.1, 0.15) is 40.5 Å². The lowest BCUT2D eigenvalue weighted by Crippen LogP contribution is -2.60. The van der Waals surface area contributed by atoms with Gasteiger partial charge in [-0.3, -0.25) is 4.90 Å². The van der Waals surface area contributed by atoms with Crippen LogP contribution in [0.15, 0.2) is 0 Å². The Hall–Kier alpha value is -0.0800. The molecule has 1 N–H and O–H groups in total. The molecule has 1 atom stereocenters. The molecule has 1 aliphatic carbocycles. The van der Waals surface area contributed by atoms with Gasteiger partial charge in [-0.15, -0.1) is 0 Å². The topological polar surface area (TPSA) is 15.3 Å². The maximum Gasteiger partial charge on any atom is 0.0244 e. The molecule has 2 heteroatoms. The third-order valence-corrected chi connectivity index (χ3v) is 4.12. The van der Waals surface area contributed by atoms with Crippen molar-refractivity contribution in [1.29, 1.82) is 0 Å². The van der Waals surface area contributed by atoms with Crippen molar-refractivity contribution in [2.24, 2.45) is 11.3 Å². The predicted octanol–water partition coefficient (Wildman–Crippen LogP) is 2.10. The number of piperazine rings is 1. The van der Waals surface area contributed by atoms with E-state index in [1.165, 1.54) is 32.5 Å². The third kappa shape index (κ3) is 2.54. The van der Waals surface area contributed by atoms with Crippen molar-refractivity contribution in [2.45, 2.75) is 52.6 Å². The molecule has 2 nitrogen and oxygen atoms in total. The molecule has 2 rings (SSSR count). The van der Waals surface area contributed by atoms with Gasteiger partial charge in [-0.2, -0.15) is 0 Å². The SMILES string of the molecule is CC1CC(N2CCNC(C(C)(C)C)C2)C1. The lowest BCUT2D eigenvalue weighted by Gasteiger charge is -2.48. The van der Waals surface area contributed by atoms with Gasteiger partial charge < -0.3 is 5.32 Å². The highest BCUT2D eigenvalue weighted by Gasteiger charge is 2.36. The van der Waals surface area contributed by atoms with Gasteiger partial charge in [0.15, 0.2) is 0 Å². The summed E-state index contributed by atoms with van der Waals surface area (Å²) in [5.41, 5.74) is 0.397. The number of nitrogens with zero attached hydrogens (tertiary/aromatic N) is 1. The largest absolute Gasteiger partial charge is 0.311 e. The fourth-order valence-corrected chi connectivity index (χ4v) is 2.84. The summed E-state index contributed by atoms with van der Waals surface area (Å²) in [6.45, 7) is 13.1. The monoisotopic (exact) mass is 210 g/mol. The van der Waals surface area contributed by atoms with Crippen LogP contribution in [-0.4, -0.2) is 36.6 Å². The lowest BCUT2D eigenvalue weighted by atomic mass is 9.79. The summed E-state index contributed by atoms with van der Waals surface area (Å²) in [7, 11) is 0. The van der Waals surface area contributed by atoms with Gasteiger partial charge in [0.05, 0.1) is 0 Å². The summed E-state index contributed by atoms with van der Waals surface area (Å²) in [6.07, 6.45) is 2.85. The summed E-state index contributed by atoms with van der Waals surface area (Å²) in [5, 5.41) is 3.66. The zero-order valence-corrected chi connectivity index (χ0v) is 10.7. The first-order valence-corrected chi connectivity index (χ1v) is 6.44. The highest BCUT2D eigenvalue weighted by atomic mass is 15.2. The Morgan fingerprint density at radius 1 is 1.20 bits per heavy atom. The molecule has 88 valence electrons. The predicted molar refractivity (Wildman–Crippen MR) is 65.0 cm³/mol. The van der Waals surface area contributed by atoms with Gasteiger partial charge in [0.25, 0.3) is 0 Å². The molecule has 1 saturated carbocycles. The van der Waals surface area contributed by atoms with E-state index >= 15 is 0 Å². The van der Waals surface area contributed by atoms with Crippen molar-refractivity contribution in [3.8, 4) is 0 Å². The molecule has 2 fully saturated rings. The summed E-state index contributed by atoms with van der Waals surface area (Å²) in [4.78, 5) is 2.71. The van der Waals surface area contributed by atoms with Gasteiger partial charge in [-0.1, -0.05) is 27.7 Å². The minimum Gasteiger partial charge on any atom is -0.311 e. The van der Waals surface area contributed by atoms with Gasteiger partial charge in [0.1, 0.15) is 0 Å². The average molecular weight is 210 g/mol. The highest BCUT2D eigenvalue weighted by Crippen LogP contribution is 2.33. The Kier molecular flexibility index (Phi) is 3.09. The molecule has 1 heterocycles. The van der Waals surface area contributed by atoms with E-state index in [1.807, 2.05) is 0 Å². The van der Waals surface area contributed by atoms with Gasteiger partial charge in [0.2, 0.25) is 0 Å². The van der Waals surface area contributed by atoms with Crippen molar-refractivity contribution in [1.82, 2.24) is 10.2 Å². The lowest BCUT2D eigenvalue weighted by molar-refractivity contribution is 0.0390. The first kappa shape index (κ1) is 11.4. The van der Waals surface area contributed by atoms with Crippen LogP contribution in [0.25, 0.3) is 0 Å². The van der Waals surface area contributed by atoms with Crippen molar-refractivity contribution < 1.29 is 0 Å². The molecule has 0 bridgehead atoms. The molecule has 0 aromatic rings. The van der Waals surface area contributed by atoms with Crippen molar-refractivity contribution >= 4 is 0 Å². The van der Waals surface area contributed by atoms with Crippen LogP contribution < -0.4 is 5.32 Å². The summed E-state index contributed by atoms with van der Waals surface area (Å²) in [5.74, 6) is 0.970. The maximum absolute atomic E-state index is 3.66. The Labute approximate surface area is 94.4 Å². The smallest absolute Gasteiger partial charge is 0.0244 e. The standard InChI is InChI=1S/C13H26N2/c1-10-7-11(8-10)15-6-5-14-12(9-15)13(2,3)4/h10-12,14H,5-9H2,1-4H3. The summed E-state index contributed by atoms with van der Waals surface area (Å²) >= 11 is 0. The van der Waals surface area contributed by atoms with E-state index in [9.17, 15) is 0 Å². The summed E-state index contributed by atoms with van der Waals surface area (Å²) in [6, 6.07) is 1.56. The molecule has 0 aromatic heterocycles. The van der Waals surface area contributed by atoms with E-state index in [4.69, 9.17) is 0 Å². The second-order valence-electron chi connectivity index (χ2n) is 6.60. The fourth-order valence-electron chi connectivity index (χ4n) is 2.84. The molecule has 1 aliphatic heterocycles. The Bertz CT molecular complexity index is 213. The van der Waals surface area contributed by atoms with Crippen molar-refractivity contribution in [3.05, 3.63) is 0 Å². The molecule has 0 spiro atoms. The van der Waals surface area contributed by atoms with E-state index in [2.05, 4.69) is 37.9 Å². The van der Waals surface area contributed by atoms with Crippen LogP contribution in [-0.2, 0) is 0 Å². The van der Waals surface area contributed by atoms with Crippen LogP contribution in [0.3, 0.4) is 0 Å². The first-order chi connectivity index (χ1) is 6.97. The molecule has 0 radical (unpaired) electrons. The molecule has 1 saturated heterocycles. The van der Waals surface area contributed by atoms with Gasteiger partial charge in [-0.05, 0) is 24.2 Å². The molecule has 15 heavy (non-hydrogen) atoms. The number of rotatable bonds is 1. The second-order valence-corrected chi connectivity index (χ2v) is 6.60. The van der Waals surface area contributed by atoms with E-state index < -0.39 is 0 Å². The normalized spacial score (nSPS) is 38.8. The van der Waals surface area contributed by atoms with Crippen LogP contribution >= 0.6 is 0 Å². The van der Waals surface area contributed by atoms with Crippen molar-refractivity contribution in [2.75, 3.05) is 19.6 Å². The second kappa shape index (κ2) is 4.06. The van der Waals surface area contributed by atoms with Crippen LogP contribution in [0.5, 0.6) is 0 Å². The summed E-state index contributed by atoms with van der Waals surface area (Å²) < 4.78 is 0. The Morgan fingerprint density at radius 2 is 1.87 bits per heavy atom. The molecular formula is C13H26N2. The molecule has 2 aliphatic rings. The number of hydrogen-bond acceptors (Lipinski definition) is 2. The van der Waals surface area contributed by atoms with Gasteiger partial charge in [0, 0.05) is 31.7 Å². The van der Waals surface area contributed by atoms with E-state index in [-0.39, 0.29) is 0 Å². The molecule has 0 amide bonds. The van der Waals surface area contributed by atoms with Crippen molar-refractivity contribution in [3.63, 3.8) is 0 Å². The molecule has 0 aromatic carbocycles. The van der Waals surface area contributed by atoms with E-state index in [0.717, 1.165) is 12.0 Å². The number of hydrogen-bond donors (Lipinski definition) is 1. The fraction of sp³-hybridized carbons (Fsp3) is 1.00. The maximum atomic E-state index is 3.66. The third-order valence-electron chi connectivity index (χ3n) is 4.12. The van der Waals surface area contributed by atoms with Crippen LogP contribution in [0.4, 0.5) is 0 Å². The van der Waals surface area contributed by atoms with Gasteiger partial charge >= 0.3 is 0 Å². The molecular weight excluding hydrogens is 184 g/mol. The zero-order chi connectivity index (χ0) is 11.1. The van der Waals surface area contributed by atoms with E-state index in [0.29, 0.717) is 11.5 Å². The Balaban J connectivity index is 1.87. The van der Waals surface area contributed by atoms with Crippen LogP contribution in [0, 0.1) is 11.3 Å². The Morgan fingerprint density at radius 3 is 2.40 bits per heavy atom. The zero-order valence-electron chi connectivity index (χ0n) is 10.7. The first-order valence-electron chi connectivity index (χ1n) is 6.44.